The van der Waals surface area contributed by atoms with E-state index in [-0.39, 0.29) is 42.0 Å². The van der Waals surface area contributed by atoms with Crippen LogP contribution in [0.3, 0.4) is 0 Å². The SMILES string of the molecule is O=S(=O)([O-])[O-].[Cu+2].[OH-].[Zn+2]. The molecule has 0 unspecified atom stereocenters. The minimum atomic E-state index is -5.17. The third-order valence-electron chi connectivity index (χ3n) is 0. The molecule has 0 fully saturated rings. The van der Waals surface area contributed by atoms with Gasteiger partial charge in [-0.2, -0.15) is 0 Å². The van der Waals surface area contributed by atoms with Gasteiger partial charge < -0.3 is 14.6 Å². The molecule has 0 aliphatic carbocycles. The molecule has 0 amide bonds. The number of hydrogen-bond donors (Lipinski definition) is 0. The summed E-state index contributed by atoms with van der Waals surface area (Å²) < 4.78 is 34.1. The molecular weight excluding hydrogens is 241 g/mol. The minimum Gasteiger partial charge on any atom is -0.870 e. The summed E-state index contributed by atoms with van der Waals surface area (Å²) in [6.07, 6.45) is 0. The third-order valence-corrected chi connectivity index (χ3v) is 0. The Balaban J connectivity index is -0.0000000267. The fraction of sp³-hybridized carbons (Fsp3) is 0. The van der Waals surface area contributed by atoms with Crippen LogP contribution in [0.15, 0.2) is 0 Å². The average molecular weight is 242 g/mol. The van der Waals surface area contributed by atoms with Gasteiger partial charge >= 0.3 is 36.5 Å². The zero-order valence-electron chi connectivity index (χ0n) is 3.50. The molecule has 0 spiro atoms. The fourth-order valence-electron chi connectivity index (χ4n) is 0. The van der Waals surface area contributed by atoms with Crippen LogP contribution in [-0.4, -0.2) is 23.0 Å². The standard InChI is InChI=1S/Cu.H2O4S.H2O.Zn/c;1-5(2,3)4;;/h;(H2,1,2,3,4);1H2;/q+2;;;+2/p-3. The zero-order chi connectivity index (χ0) is 4.50. The Bertz CT molecular complexity index is 95.6. The van der Waals surface area contributed by atoms with Gasteiger partial charge in [0, 0.05) is 10.4 Å². The van der Waals surface area contributed by atoms with Crippen LogP contribution < -0.4 is 0 Å². The predicted molar refractivity (Wildman–Crippen MR) is 12.4 cm³/mol. The van der Waals surface area contributed by atoms with Crippen molar-refractivity contribution in [1.82, 2.24) is 0 Å². The Morgan fingerprint density at radius 2 is 1.12 bits per heavy atom. The molecule has 0 saturated heterocycles. The molecule has 0 rings (SSSR count). The Hall–Kier alpha value is 0.973. The van der Waals surface area contributed by atoms with E-state index in [0.717, 1.165) is 0 Å². The van der Waals surface area contributed by atoms with Gasteiger partial charge in [0.25, 0.3) is 0 Å². The van der Waals surface area contributed by atoms with Gasteiger partial charge in [0.2, 0.25) is 0 Å². The molecule has 5 nitrogen and oxygen atoms in total. The second-order valence-electron chi connectivity index (χ2n) is 0.408. The van der Waals surface area contributed by atoms with Crippen LogP contribution in [0, 0.1) is 0 Å². The minimum absolute atomic E-state index is 0. The van der Waals surface area contributed by atoms with E-state index in [0.29, 0.717) is 0 Å². The van der Waals surface area contributed by atoms with Crippen molar-refractivity contribution in [2.45, 2.75) is 0 Å². The summed E-state index contributed by atoms with van der Waals surface area (Å²) >= 11 is 0. The molecule has 8 heteroatoms. The van der Waals surface area contributed by atoms with E-state index in [1.54, 1.807) is 0 Å². The zero-order valence-corrected chi connectivity index (χ0v) is 8.22. The summed E-state index contributed by atoms with van der Waals surface area (Å²) in [5.41, 5.74) is 0. The van der Waals surface area contributed by atoms with Gasteiger partial charge in [-0.05, 0) is 0 Å². The van der Waals surface area contributed by atoms with Gasteiger partial charge in [-0.15, -0.1) is 0 Å². The van der Waals surface area contributed by atoms with Crippen molar-refractivity contribution in [3.8, 4) is 0 Å². The van der Waals surface area contributed by atoms with Crippen molar-refractivity contribution >= 4 is 10.4 Å². The molecule has 0 aliphatic heterocycles. The smallest absolute Gasteiger partial charge is 0.870 e. The molecule has 0 aromatic heterocycles. The van der Waals surface area contributed by atoms with Crippen molar-refractivity contribution in [2.24, 2.45) is 0 Å². The van der Waals surface area contributed by atoms with Gasteiger partial charge in [-0.1, -0.05) is 0 Å². The van der Waals surface area contributed by atoms with Crippen LogP contribution in [0.4, 0.5) is 0 Å². The Morgan fingerprint density at radius 3 is 1.12 bits per heavy atom. The first-order valence-electron chi connectivity index (χ1n) is 0.667. The maximum atomic E-state index is 8.52. The maximum Gasteiger partial charge on any atom is 2.00 e. The monoisotopic (exact) mass is 240 g/mol. The Kier molecular flexibility index (Phi) is 23.0. The van der Waals surface area contributed by atoms with Gasteiger partial charge in [0.1, 0.15) is 0 Å². The molecule has 0 heterocycles. The van der Waals surface area contributed by atoms with Crippen molar-refractivity contribution < 1.29 is 59.5 Å². The van der Waals surface area contributed by atoms with Crippen LogP contribution in [0.1, 0.15) is 0 Å². The van der Waals surface area contributed by atoms with E-state index in [9.17, 15) is 0 Å². The van der Waals surface area contributed by atoms with Crippen LogP contribution >= 0.6 is 0 Å². The Labute approximate surface area is 70.0 Å². The topological polar surface area (TPSA) is 110 Å². The molecule has 1 radical (unpaired) electrons. The van der Waals surface area contributed by atoms with Crippen molar-refractivity contribution in [2.75, 3.05) is 0 Å². The van der Waals surface area contributed by atoms with Gasteiger partial charge in [-0.3, -0.25) is 8.42 Å². The van der Waals surface area contributed by atoms with E-state index in [4.69, 9.17) is 17.5 Å². The molecular formula is HCuO5SZn+. The van der Waals surface area contributed by atoms with E-state index in [2.05, 4.69) is 0 Å². The van der Waals surface area contributed by atoms with E-state index < -0.39 is 10.4 Å². The largest absolute Gasteiger partial charge is 2.00 e. The molecule has 0 aromatic carbocycles. The summed E-state index contributed by atoms with van der Waals surface area (Å²) in [6, 6.07) is 0. The molecule has 0 bridgehead atoms. The second-order valence-corrected chi connectivity index (χ2v) is 1.22. The van der Waals surface area contributed by atoms with Crippen LogP contribution in [0.25, 0.3) is 0 Å². The second kappa shape index (κ2) is 7.97. The predicted octanol–water partition coefficient (Wildman–Crippen LogP) is -1.52. The fourth-order valence-corrected chi connectivity index (χ4v) is 0. The van der Waals surface area contributed by atoms with Crippen molar-refractivity contribution in [3.63, 3.8) is 0 Å². The van der Waals surface area contributed by atoms with Gasteiger partial charge in [0.05, 0.1) is 0 Å². The quantitative estimate of drug-likeness (QED) is 0.291. The first-order chi connectivity index (χ1) is 2.00. The molecule has 0 saturated carbocycles. The van der Waals surface area contributed by atoms with Crippen molar-refractivity contribution in [3.05, 3.63) is 0 Å². The molecule has 8 heavy (non-hydrogen) atoms. The number of rotatable bonds is 0. The molecule has 0 atom stereocenters. The van der Waals surface area contributed by atoms with E-state index >= 15 is 0 Å². The first kappa shape index (κ1) is 23.1. The summed E-state index contributed by atoms with van der Waals surface area (Å²) in [5.74, 6) is 0. The summed E-state index contributed by atoms with van der Waals surface area (Å²) in [4.78, 5) is 0. The van der Waals surface area contributed by atoms with Crippen LogP contribution in [0.5, 0.6) is 0 Å². The third kappa shape index (κ3) is 263. The molecule has 0 aliphatic rings. The van der Waals surface area contributed by atoms with Gasteiger partial charge in [-0.25, -0.2) is 0 Å². The molecule has 1 N–H and O–H groups in total. The maximum absolute atomic E-state index is 8.52. The van der Waals surface area contributed by atoms with E-state index in [1.165, 1.54) is 0 Å². The van der Waals surface area contributed by atoms with Crippen molar-refractivity contribution in [1.29, 1.82) is 0 Å². The first-order valence-corrected chi connectivity index (χ1v) is 2.00. The van der Waals surface area contributed by atoms with Crippen LogP contribution in [-0.2, 0) is 46.9 Å². The summed E-state index contributed by atoms with van der Waals surface area (Å²) in [7, 11) is -5.17. The summed E-state index contributed by atoms with van der Waals surface area (Å²) in [5, 5.41) is 0. The summed E-state index contributed by atoms with van der Waals surface area (Å²) in [6.45, 7) is 0. The normalized spacial score (nSPS) is 7.25. The van der Waals surface area contributed by atoms with E-state index in [1.807, 2.05) is 0 Å². The van der Waals surface area contributed by atoms with Gasteiger partial charge in [0.15, 0.2) is 0 Å². The molecule has 49 valence electrons. The van der Waals surface area contributed by atoms with Crippen LogP contribution in [0.2, 0.25) is 0 Å². The Morgan fingerprint density at radius 1 is 1.12 bits per heavy atom. The molecule has 0 aromatic rings. The average Bonchev–Trinajstić information content (AvgIpc) is 0.722. The number of hydrogen-bond acceptors (Lipinski definition) is 5.